The van der Waals surface area contributed by atoms with Crippen molar-refractivity contribution in [3.63, 3.8) is 0 Å². The first kappa shape index (κ1) is 33.3. The number of aliphatic carboxylic acids is 1. The van der Waals surface area contributed by atoms with Gasteiger partial charge in [0, 0.05) is 17.8 Å². The van der Waals surface area contributed by atoms with Gasteiger partial charge in [-0.1, -0.05) is 86.0 Å². The summed E-state index contributed by atoms with van der Waals surface area (Å²) in [6, 6.07) is 0. The summed E-state index contributed by atoms with van der Waals surface area (Å²) in [6.07, 6.45) is 25.6. The minimum absolute atomic E-state index is 0.127. The van der Waals surface area contributed by atoms with Gasteiger partial charge in [-0.05, 0) is 123 Å². The maximum Gasteiger partial charge on any atom is 0.309 e. The van der Waals surface area contributed by atoms with Crippen LogP contribution in [0.1, 0.15) is 176 Å². The molecule has 4 heteroatoms. The Hall–Kier alpha value is -0.610. The average molecular weight is 613 g/mol. The molecule has 6 rings (SSSR count). The predicted molar refractivity (Wildman–Crippen MR) is 178 cm³/mol. The third kappa shape index (κ3) is 4.58. The van der Waals surface area contributed by atoms with Gasteiger partial charge in [0.15, 0.2) is 5.79 Å². The number of carboxylic acids is 1. The van der Waals surface area contributed by atoms with Crippen LogP contribution >= 0.6 is 0 Å². The molecule has 6 fully saturated rings. The molecule has 4 nitrogen and oxygen atoms in total. The van der Waals surface area contributed by atoms with E-state index in [4.69, 9.17) is 4.74 Å². The summed E-state index contributed by atoms with van der Waals surface area (Å²) >= 11 is 0. The van der Waals surface area contributed by atoms with E-state index in [0.29, 0.717) is 23.2 Å². The summed E-state index contributed by atoms with van der Waals surface area (Å²) in [5.41, 5.74) is 0.623. The second-order valence-corrected chi connectivity index (χ2v) is 18.5. The molecule has 1 saturated heterocycles. The van der Waals surface area contributed by atoms with E-state index in [1.807, 2.05) is 0 Å². The summed E-state index contributed by atoms with van der Waals surface area (Å²) in [7, 11) is 0. The van der Waals surface area contributed by atoms with Gasteiger partial charge in [-0.15, -0.1) is 0 Å². The third-order valence-electron chi connectivity index (χ3n) is 17.0. The predicted octanol–water partition coefficient (Wildman–Crippen LogP) is 10.6. The highest BCUT2D eigenvalue weighted by Gasteiger charge is 2.75. The smallest absolute Gasteiger partial charge is 0.309 e. The topological polar surface area (TPSA) is 66.8 Å². The number of rotatable bonds is 11. The van der Waals surface area contributed by atoms with E-state index in [0.717, 1.165) is 38.7 Å². The zero-order valence-corrected chi connectivity index (χ0v) is 29.6. The Kier molecular flexibility index (Phi) is 8.72. The molecule has 11 unspecified atom stereocenters. The van der Waals surface area contributed by atoms with Gasteiger partial charge in [0.05, 0.1) is 12.0 Å². The zero-order valence-electron chi connectivity index (χ0n) is 29.6. The van der Waals surface area contributed by atoms with Gasteiger partial charge in [-0.2, -0.15) is 0 Å². The van der Waals surface area contributed by atoms with E-state index in [1.54, 1.807) is 0 Å². The molecule has 0 radical (unpaired) electrons. The lowest BCUT2D eigenvalue weighted by atomic mass is 9.28. The van der Waals surface area contributed by atoms with Crippen molar-refractivity contribution in [2.24, 2.45) is 56.2 Å². The van der Waals surface area contributed by atoms with E-state index in [1.165, 1.54) is 103 Å². The fourth-order valence-electron chi connectivity index (χ4n) is 14.2. The van der Waals surface area contributed by atoms with Gasteiger partial charge in [0.2, 0.25) is 0 Å². The fraction of sp³-hybridized carbons (Fsp3) is 0.975. The Balaban J connectivity index is 1.44. The van der Waals surface area contributed by atoms with Crippen LogP contribution in [0, 0.1) is 56.2 Å². The summed E-state index contributed by atoms with van der Waals surface area (Å²) in [6.45, 7) is 15.2. The first-order valence-corrected chi connectivity index (χ1v) is 19.4. The van der Waals surface area contributed by atoms with Crippen molar-refractivity contribution in [1.29, 1.82) is 0 Å². The Morgan fingerprint density at radius 2 is 1.41 bits per heavy atom. The molecule has 2 N–H and O–H groups in total. The minimum Gasteiger partial charge on any atom is -0.481 e. The van der Waals surface area contributed by atoms with Crippen molar-refractivity contribution in [3.8, 4) is 0 Å². The number of carbonyl (C=O) groups is 1. The number of unbranched alkanes of at least 4 members (excludes halogenated alkanes) is 6. The summed E-state index contributed by atoms with van der Waals surface area (Å²) < 4.78 is 6.36. The van der Waals surface area contributed by atoms with Gasteiger partial charge < -0.3 is 14.9 Å². The molecular formula is C40H68O4. The number of aliphatic hydroxyl groups is 1. The molecule has 44 heavy (non-hydrogen) atoms. The molecule has 11 atom stereocenters. The van der Waals surface area contributed by atoms with Crippen LogP contribution in [0.5, 0.6) is 0 Å². The fourth-order valence-corrected chi connectivity index (χ4v) is 14.2. The quantitative estimate of drug-likeness (QED) is 0.228. The molecular weight excluding hydrogens is 544 g/mol. The second kappa shape index (κ2) is 11.5. The van der Waals surface area contributed by atoms with E-state index < -0.39 is 17.2 Å². The van der Waals surface area contributed by atoms with Crippen molar-refractivity contribution in [2.75, 3.05) is 6.61 Å². The molecule has 1 heterocycles. The molecule has 5 saturated carbocycles. The van der Waals surface area contributed by atoms with Crippen molar-refractivity contribution in [2.45, 2.75) is 182 Å². The van der Waals surface area contributed by atoms with Gasteiger partial charge in [-0.3, -0.25) is 4.79 Å². The van der Waals surface area contributed by atoms with Crippen molar-refractivity contribution >= 4 is 5.97 Å². The molecule has 1 aliphatic heterocycles. The highest BCUT2D eigenvalue weighted by Crippen LogP contribution is 2.81. The molecule has 6 aliphatic rings. The molecule has 252 valence electrons. The van der Waals surface area contributed by atoms with E-state index in [-0.39, 0.29) is 27.6 Å². The van der Waals surface area contributed by atoms with E-state index in [9.17, 15) is 15.0 Å². The van der Waals surface area contributed by atoms with Gasteiger partial charge >= 0.3 is 5.97 Å². The van der Waals surface area contributed by atoms with Crippen LogP contribution in [0.2, 0.25) is 0 Å². The van der Waals surface area contributed by atoms with Crippen LogP contribution in [0.25, 0.3) is 0 Å². The van der Waals surface area contributed by atoms with Gasteiger partial charge in [-0.25, -0.2) is 0 Å². The van der Waals surface area contributed by atoms with Crippen LogP contribution in [-0.2, 0) is 9.53 Å². The summed E-state index contributed by atoms with van der Waals surface area (Å²) in [4.78, 5) is 12.8. The summed E-state index contributed by atoms with van der Waals surface area (Å²) in [5, 5.41) is 22.1. The van der Waals surface area contributed by atoms with Crippen LogP contribution < -0.4 is 0 Å². The van der Waals surface area contributed by atoms with Crippen LogP contribution in [-0.4, -0.2) is 28.6 Å². The van der Waals surface area contributed by atoms with Crippen LogP contribution in [0.3, 0.4) is 0 Å². The van der Waals surface area contributed by atoms with Gasteiger partial charge in [0.25, 0.3) is 0 Å². The Labute approximate surface area is 270 Å². The normalized spacial score (nSPS) is 51.2. The number of hydrogen-bond acceptors (Lipinski definition) is 3. The largest absolute Gasteiger partial charge is 0.481 e. The third-order valence-corrected chi connectivity index (χ3v) is 17.0. The zero-order chi connectivity index (χ0) is 31.7. The highest BCUT2D eigenvalue weighted by atomic mass is 16.6. The van der Waals surface area contributed by atoms with Crippen molar-refractivity contribution in [1.82, 2.24) is 0 Å². The lowest BCUT2D eigenvalue weighted by Crippen LogP contribution is -2.69. The molecule has 0 aromatic rings. The van der Waals surface area contributed by atoms with Crippen molar-refractivity contribution < 1.29 is 19.7 Å². The Morgan fingerprint density at radius 1 is 0.750 bits per heavy atom. The lowest BCUT2D eigenvalue weighted by Gasteiger charge is -2.76. The number of carboxylic acid groups (broad SMARTS) is 1. The molecule has 0 amide bonds. The first-order chi connectivity index (χ1) is 20.8. The Morgan fingerprint density at radius 3 is 2.09 bits per heavy atom. The van der Waals surface area contributed by atoms with Crippen molar-refractivity contribution in [3.05, 3.63) is 0 Å². The van der Waals surface area contributed by atoms with E-state index in [2.05, 4.69) is 41.5 Å². The first-order valence-electron chi connectivity index (χ1n) is 19.4. The highest BCUT2D eigenvalue weighted by molar-refractivity contribution is 5.74. The SMILES string of the molecule is CCCCCCC12CCC3(CCCCCC)C4CC(C)(C(=O)O)CCC4(C)CCC3(C)C1CCC13COC(O)(CCC12)C3C. The van der Waals surface area contributed by atoms with Gasteiger partial charge in [0.1, 0.15) is 0 Å². The maximum absolute atomic E-state index is 12.8. The standard InChI is InChI=1S/C40H68O4/c1-7-9-11-13-17-37-25-26-39(18-14-12-10-8-2)32-27-35(5,33(41)42)22-21-34(32,4)23-24-36(39,6)30(37)15-19-38-28-44-40(43,29(38)3)20-16-31(37)38/h29-32,43H,7-28H2,1-6H3,(H,41,42). The second-order valence-electron chi connectivity index (χ2n) is 18.5. The van der Waals surface area contributed by atoms with Crippen LogP contribution in [0.15, 0.2) is 0 Å². The van der Waals surface area contributed by atoms with Crippen LogP contribution in [0.4, 0.5) is 0 Å². The number of ether oxygens (including phenoxy) is 1. The molecule has 0 aromatic heterocycles. The summed E-state index contributed by atoms with van der Waals surface area (Å²) in [5.74, 6) is 0.605. The minimum atomic E-state index is -0.912. The monoisotopic (exact) mass is 613 g/mol. The Bertz CT molecular complexity index is 1070. The maximum atomic E-state index is 12.8. The number of fused-ring (bicyclic) bond motifs is 7. The van der Waals surface area contributed by atoms with E-state index >= 15 is 0 Å². The molecule has 2 bridgehead atoms. The molecule has 5 aliphatic carbocycles. The number of hydrogen-bond donors (Lipinski definition) is 2. The average Bonchev–Trinajstić information content (AvgIpc) is 3.13. The molecule has 0 aromatic carbocycles. The molecule has 1 spiro atoms. The lowest BCUT2D eigenvalue weighted by molar-refractivity contribution is -0.279.